The lowest BCUT2D eigenvalue weighted by molar-refractivity contribution is -0.131. The molecule has 1 saturated carbocycles. The number of ether oxygens (including phenoxy) is 1. The molecule has 0 spiro atoms. The molecule has 1 aromatic heterocycles. The summed E-state index contributed by atoms with van der Waals surface area (Å²) >= 11 is 0. The lowest BCUT2D eigenvalue weighted by Gasteiger charge is -2.20. The van der Waals surface area contributed by atoms with Gasteiger partial charge in [0.1, 0.15) is 12.1 Å². The van der Waals surface area contributed by atoms with Crippen molar-refractivity contribution in [2.24, 2.45) is 0 Å². The van der Waals surface area contributed by atoms with Gasteiger partial charge in [-0.25, -0.2) is 0 Å². The second-order valence-electron chi connectivity index (χ2n) is 7.16. The van der Waals surface area contributed by atoms with Gasteiger partial charge in [0.2, 0.25) is 5.91 Å². The second-order valence-corrected chi connectivity index (χ2v) is 7.16. The maximum absolute atomic E-state index is 12.6. The number of aromatic nitrogens is 2. The highest BCUT2D eigenvalue weighted by molar-refractivity contribution is 5.96. The van der Waals surface area contributed by atoms with Gasteiger partial charge in [0, 0.05) is 23.8 Å². The lowest BCUT2D eigenvalue weighted by atomic mass is 10.2. The van der Waals surface area contributed by atoms with E-state index in [2.05, 4.69) is 15.7 Å². The van der Waals surface area contributed by atoms with Crippen LogP contribution in [0.15, 0.2) is 42.7 Å². The lowest BCUT2D eigenvalue weighted by Crippen LogP contribution is -2.32. The van der Waals surface area contributed by atoms with Crippen molar-refractivity contribution in [2.45, 2.75) is 64.2 Å². The zero-order valence-corrected chi connectivity index (χ0v) is 16.4. The van der Waals surface area contributed by atoms with Crippen LogP contribution in [0.1, 0.15) is 52.0 Å². The number of amides is 2. The fourth-order valence-corrected chi connectivity index (χ4v) is 3.37. The zero-order chi connectivity index (χ0) is 19.9. The number of carbonyl (C=O) groups is 2. The van der Waals surface area contributed by atoms with Gasteiger partial charge >= 0.3 is 0 Å². The molecule has 2 aromatic rings. The first-order chi connectivity index (χ1) is 13.6. The number of nitrogens with one attached hydrogen (secondary N) is 2. The number of hydrogen-bond donors (Lipinski definition) is 2. The van der Waals surface area contributed by atoms with E-state index in [1.54, 1.807) is 54.3 Å². The van der Waals surface area contributed by atoms with Crippen molar-refractivity contribution in [1.82, 2.24) is 9.78 Å². The van der Waals surface area contributed by atoms with Crippen LogP contribution in [0.2, 0.25) is 0 Å². The van der Waals surface area contributed by atoms with Crippen molar-refractivity contribution in [3.63, 3.8) is 0 Å². The Morgan fingerprint density at radius 1 is 1.18 bits per heavy atom. The molecule has 150 valence electrons. The average molecular weight is 384 g/mol. The Kier molecular flexibility index (Phi) is 6.81. The van der Waals surface area contributed by atoms with Crippen molar-refractivity contribution in [3.05, 3.63) is 42.7 Å². The highest BCUT2D eigenvalue weighted by Gasteiger charge is 2.24. The molecule has 7 heteroatoms. The summed E-state index contributed by atoms with van der Waals surface area (Å²) < 4.78 is 7.56. The minimum Gasteiger partial charge on any atom is -0.365 e. The fraction of sp³-hybridized carbons (Fsp3) is 0.476. The quantitative estimate of drug-likeness (QED) is 0.726. The molecule has 2 amide bonds. The maximum atomic E-state index is 12.6. The standard InChI is InChI=1S/C21H28N4O3/c1-3-19(28-18-10-4-5-11-18)21(27)24-17-9-6-8-16(14-17)23-20(26)15(2)25-13-7-12-22-25/h6-9,12-15,18-19H,3-5,10-11H2,1-2H3,(H,23,26)(H,24,27). The normalized spacial score (nSPS) is 16.5. The molecule has 1 aromatic carbocycles. The van der Waals surface area contributed by atoms with E-state index in [9.17, 15) is 9.59 Å². The van der Waals surface area contributed by atoms with Crippen molar-refractivity contribution in [1.29, 1.82) is 0 Å². The second kappa shape index (κ2) is 9.50. The van der Waals surface area contributed by atoms with Gasteiger partial charge in [0.25, 0.3) is 5.91 Å². The number of nitrogens with zero attached hydrogens (tertiary/aromatic N) is 2. The summed E-state index contributed by atoms with van der Waals surface area (Å²) in [5.74, 6) is -0.328. The summed E-state index contributed by atoms with van der Waals surface area (Å²) in [6.07, 6.45) is 8.13. The molecular weight excluding hydrogens is 356 g/mol. The van der Waals surface area contributed by atoms with E-state index in [1.807, 2.05) is 6.92 Å². The van der Waals surface area contributed by atoms with Crippen molar-refractivity contribution in [3.8, 4) is 0 Å². The third-order valence-corrected chi connectivity index (χ3v) is 5.02. The minimum absolute atomic E-state index is 0.150. The molecule has 2 atom stereocenters. The number of benzene rings is 1. The van der Waals surface area contributed by atoms with Crippen LogP contribution in [-0.4, -0.2) is 33.8 Å². The summed E-state index contributed by atoms with van der Waals surface area (Å²) in [6, 6.07) is 8.47. The van der Waals surface area contributed by atoms with Crippen LogP contribution in [-0.2, 0) is 14.3 Å². The molecule has 1 aliphatic carbocycles. The molecule has 1 aliphatic rings. The minimum atomic E-state index is -0.457. The summed E-state index contributed by atoms with van der Waals surface area (Å²) in [5.41, 5.74) is 1.24. The molecule has 0 bridgehead atoms. The van der Waals surface area contributed by atoms with Gasteiger partial charge in [-0.3, -0.25) is 14.3 Å². The maximum Gasteiger partial charge on any atom is 0.253 e. The Labute approximate surface area is 165 Å². The number of anilines is 2. The van der Waals surface area contributed by atoms with Gasteiger partial charge in [-0.2, -0.15) is 5.10 Å². The molecular formula is C21H28N4O3. The monoisotopic (exact) mass is 384 g/mol. The predicted molar refractivity (Wildman–Crippen MR) is 108 cm³/mol. The number of hydrogen-bond acceptors (Lipinski definition) is 4. The van der Waals surface area contributed by atoms with Crippen LogP contribution in [0.3, 0.4) is 0 Å². The van der Waals surface area contributed by atoms with Crippen LogP contribution < -0.4 is 10.6 Å². The van der Waals surface area contributed by atoms with E-state index < -0.39 is 12.1 Å². The molecule has 3 rings (SSSR count). The van der Waals surface area contributed by atoms with E-state index in [4.69, 9.17) is 4.74 Å². The topological polar surface area (TPSA) is 85.3 Å². The van der Waals surface area contributed by atoms with Gasteiger partial charge in [-0.05, 0) is 50.5 Å². The Bertz CT molecular complexity index is 785. The zero-order valence-electron chi connectivity index (χ0n) is 16.4. The third-order valence-electron chi connectivity index (χ3n) is 5.02. The molecule has 2 unspecified atom stereocenters. The van der Waals surface area contributed by atoms with Gasteiger partial charge < -0.3 is 15.4 Å². The van der Waals surface area contributed by atoms with Crippen molar-refractivity contribution < 1.29 is 14.3 Å². The third kappa shape index (κ3) is 5.19. The van der Waals surface area contributed by atoms with Crippen LogP contribution in [0.4, 0.5) is 11.4 Å². The van der Waals surface area contributed by atoms with Gasteiger partial charge in [-0.1, -0.05) is 25.8 Å². The predicted octanol–water partition coefficient (Wildman–Crippen LogP) is 3.76. The summed E-state index contributed by atoms with van der Waals surface area (Å²) in [6.45, 7) is 3.73. The van der Waals surface area contributed by atoms with Crippen molar-refractivity contribution in [2.75, 3.05) is 10.6 Å². The van der Waals surface area contributed by atoms with E-state index in [0.717, 1.165) is 12.8 Å². The number of rotatable bonds is 8. The van der Waals surface area contributed by atoms with Gasteiger partial charge in [0.15, 0.2) is 0 Å². The summed E-state index contributed by atoms with van der Waals surface area (Å²) in [4.78, 5) is 25.0. The largest absolute Gasteiger partial charge is 0.365 e. The van der Waals surface area contributed by atoms with E-state index >= 15 is 0 Å². The summed E-state index contributed by atoms with van der Waals surface area (Å²) in [7, 11) is 0. The first kappa shape index (κ1) is 20.1. The molecule has 0 aliphatic heterocycles. The summed E-state index contributed by atoms with van der Waals surface area (Å²) in [5, 5.41) is 9.86. The fourth-order valence-electron chi connectivity index (χ4n) is 3.37. The SMILES string of the molecule is CCC(OC1CCCC1)C(=O)Nc1cccc(NC(=O)C(C)n2cccn2)c1. The van der Waals surface area contributed by atoms with Crippen LogP contribution >= 0.6 is 0 Å². The molecule has 28 heavy (non-hydrogen) atoms. The molecule has 2 N–H and O–H groups in total. The van der Waals surface area contributed by atoms with Gasteiger partial charge in [-0.15, -0.1) is 0 Å². The van der Waals surface area contributed by atoms with Gasteiger partial charge in [0.05, 0.1) is 6.10 Å². The van der Waals surface area contributed by atoms with Crippen molar-refractivity contribution >= 4 is 23.2 Å². The Hall–Kier alpha value is -2.67. The smallest absolute Gasteiger partial charge is 0.253 e. The van der Waals surface area contributed by atoms with Crippen LogP contribution in [0, 0.1) is 0 Å². The van der Waals surface area contributed by atoms with E-state index in [1.165, 1.54) is 12.8 Å². The Balaban J connectivity index is 1.59. The molecule has 0 saturated heterocycles. The van der Waals surface area contributed by atoms with E-state index in [-0.39, 0.29) is 17.9 Å². The van der Waals surface area contributed by atoms with Crippen LogP contribution in [0.5, 0.6) is 0 Å². The highest BCUT2D eigenvalue weighted by atomic mass is 16.5. The Morgan fingerprint density at radius 2 is 1.86 bits per heavy atom. The molecule has 1 heterocycles. The highest BCUT2D eigenvalue weighted by Crippen LogP contribution is 2.24. The number of carbonyl (C=O) groups excluding carboxylic acids is 2. The van der Waals surface area contributed by atoms with E-state index in [0.29, 0.717) is 17.8 Å². The Morgan fingerprint density at radius 3 is 2.46 bits per heavy atom. The molecule has 0 radical (unpaired) electrons. The van der Waals surface area contributed by atoms with Crippen LogP contribution in [0.25, 0.3) is 0 Å². The first-order valence-electron chi connectivity index (χ1n) is 9.93. The molecule has 7 nitrogen and oxygen atoms in total. The molecule has 1 fully saturated rings. The average Bonchev–Trinajstić information content (AvgIpc) is 3.39. The first-order valence-corrected chi connectivity index (χ1v) is 9.93.